The number of aromatic nitrogens is 2. The summed E-state index contributed by atoms with van der Waals surface area (Å²) in [5.41, 5.74) is 2.38. The lowest BCUT2D eigenvalue weighted by Crippen LogP contribution is -2.35. The molecule has 152 valence electrons. The predicted octanol–water partition coefficient (Wildman–Crippen LogP) is 3.51. The molecule has 0 bridgehead atoms. The Labute approximate surface area is 176 Å². The van der Waals surface area contributed by atoms with Crippen LogP contribution in [0.25, 0.3) is 11.1 Å². The summed E-state index contributed by atoms with van der Waals surface area (Å²) in [5, 5.41) is 10.5. The summed E-state index contributed by atoms with van der Waals surface area (Å²) in [6.07, 6.45) is 1.57. The number of rotatable bonds is 4. The van der Waals surface area contributed by atoms with Crippen LogP contribution in [-0.4, -0.2) is 34.7 Å². The predicted molar refractivity (Wildman–Crippen MR) is 111 cm³/mol. The minimum atomic E-state index is -0.810. The fraction of sp³-hybridized carbons (Fsp3) is 0.143. The van der Waals surface area contributed by atoms with E-state index in [1.54, 1.807) is 42.6 Å². The number of benzene rings is 2. The van der Waals surface area contributed by atoms with Gasteiger partial charge in [0.2, 0.25) is 11.8 Å². The quantitative estimate of drug-likeness (QED) is 0.624. The molecule has 2 amide bonds. The van der Waals surface area contributed by atoms with Crippen LogP contribution >= 0.6 is 11.6 Å². The highest BCUT2D eigenvalue weighted by molar-refractivity contribution is 6.30. The molecule has 0 saturated heterocycles. The van der Waals surface area contributed by atoms with Gasteiger partial charge in [0.25, 0.3) is 0 Å². The molecule has 1 aromatic heterocycles. The molecule has 1 aliphatic heterocycles. The molecule has 0 saturated carbocycles. The van der Waals surface area contributed by atoms with Crippen molar-refractivity contribution in [2.45, 2.75) is 12.5 Å². The summed E-state index contributed by atoms with van der Waals surface area (Å²) < 4.78 is 6.16. The maximum absolute atomic E-state index is 12.9. The van der Waals surface area contributed by atoms with Crippen LogP contribution in [0.15, 0.2) is 54.7 Å². The Balaban J connectivity index is 1.58. The van der Waals surface area contributed by atoms with Crippen molar-refractivity contribution in [3.63, 3.8) is 0 Å². The first-order valence-corrected chi connectivity index (χ1v) is 9.46. The summed E-state index contributed by atoms with van der Waals surface area (Å²) in [6.45, 7) is 0. The molecule has 1 aliphatic rings. The number of carbonyl (C=O) groups excluding carboxylic acids is 3. The Morgan fingerprint density at radius 1 is 1.17 bits per heavy atom. The zero-order chi connectivity index (χ0) is 21.3. The average Bonchev–Trinajstić information content (AvgIpc) is 3.17. The number of methoxy groups -OCH3 is 1. The lowest BCUT2D eigenvalue weighted by atomic mass is 10.1. The number of anilines is 2. The zero-order valence-electron chi connectivity index (χ0n) is 15.9. The lowest BCUT2D eigenvalue weighted by molar-refractivity contribution is -0.125. The smallest absolute Gasteiger partial charge is 0.337 e. The summed E-state index contributed by atoms with van der Waals surface area (Å²) in [6, 6.07) is 12.6. The van der Waals surface area contributed by atoms with Gasteiger partial charge in [-0.05, 0) is 42.0 Å². The number of carbonyl (C=O) groups is 3. The molecule has 0 spiro atoms. The van der Waals surface area contributed by atoms with E-state index in [1.807, 2.05) is 12.1 Å². The fourth-order valence-electron chi connectivity index (χ4n) is 3.25. The third-order valence-electron chi connectivity index (χ3n) is 4.76. The van der Waals surface area contributed by atoms with Crippen LogP contribution in [-0.2, 0) is 14.3 Å². The van der Waals surface area contributed by atoms with Crippen molar-refractivity contribution in [3.05, 3.63) is 65.3 Å². The number of nitrogens with one attached hydrogen (secondary N) is 2. The number of fused-ring (bicyclic) bond motifs is 1. The van der Waals surface area contributed by atoms with E-state index < -0.39 is 12.0 Å². The fourth-order valence-corrected chi connectivity index (χ4v) is 3.37. The summed E-state index contributed by atoms with van der Waals surface area (Å²) in [5.74, 6) is -0.676. The first kappa shape index (κ1) is 19.7. The van der Waals surface area contributed by atoms with Gasteiger partial charge in [0, 0.05) is 16.3 Å². The Morgan fingerprint density at radius 3 is 2.53 bits per heavy atom. The van der Waals surface area contributed by atoms with Crippen LogP contribution in [0.2, 0.25) is 5.02 Å². The number of amides is 2. The van der Waals surface area contributed by atoms with E-state index >= 15 is 0 Å². The van der Waals surface area contributed by atoms with Crippen LogP contribution in [0, 0.1) is 0 Å². The molecule has 3 aromatic rings. The molecule has 0 aliphatic carbocycles. The van der Waals surface area contributed by atoms with Crippen molar-refractivity contribution < 1.29 is 19.1 Å². The van der Waals surface area contributed by atoms with Crippen molar-refractivity contribution in [1.29, 1.82) is 0 Å². The zero-order valence-corrected chi connectivity index (χ0v) is 16.6. The van der Waals surface area contributed by atoms with Gasteiger partial charge in [0.1, 0.15) is 11.9 Å². The van der Waals surface area contributed by atoms with E-state index in [2.05, 4.69) is 20.5 Å². The van der Waals surface area contributed by atoms with E-state index in [1.165, 1.54) is 11.8 Å². The molecule has 2 N–H and O–H groups in total. The van der Waals surface area contributed by atoms with Crippen molar-refractivity contribution >= 4 is 40.9 Å². The van der Waals surface area contributed by atoms with Crippen LogP contribution in [0.5, 0.6) is 0 Å². The monoisotopic (exact) mass is 424 g/mol. The standard InChI is InChI=1S/C21H17ClN4O4/c1-30-21(29)13-4-8-15(9-5-13)24-20(28)17-10-18(27)25-19-16(11-23-26(17)19)12-2-6-14(22)7-3-12/h2-9,11,17H,10H2,1H3,(H,24,28)(H,25,27)/t17-/m0/s1. The number of halogens is 1. The molecule has 0 unspecified atom stereocenters. The van der Waals surface area contributed by atoms with Crippen LogP contribution in [0.3, 0.4) is 0 Å². The number of ether oxygens (including phenoxy) is 1. The minimum Gasteiger partial charge on any atom is -0.465 e. The van der Waals surface area contributed by atoms with Gasteiger partial charge in [-0.2, -0.15) is 5.10 Å². The van der Waals surface area contributed by atoms with Crippen molar-refractivity contribution in [1.82, 2.24) is 9.78 Å². The molecule has 1 atom stereocenters. The van der Waals surface area contributed by atoms with Gasteiger partial charge >= 0.3 is 5.97 Å². The summed E-state index contributed by atoms with van der Waals surface area (Å²) in [4.78, 5) is 36.7. The van der Waals surface area contributed by atoms with Crippen molar-refractivity contribution in [3.8, 4) is 11.1 Å². The van der Waals surface area contributed by atoms with E-state index in [0.29, 0.717) is 27.7 Å². The Hall–Kier alpha value is -3.65. The highest BCUT2D eigenvalue weighted by Gasteiger charge is 2.33. The number of hydrogen-bond acceptors (Lipinski definition) is 5. The molecular weight excluding hydrogens is 408 g/mol. The molecule has 2 aromatic carbocycles. The second-order valence-electron chi connectivity index (χ2n) is 6.68. The van der Waals surface area contributed by atoms with Crippen LogP contribution < -0.4 is 10.6 Å². The maximum Gasteiger partial charge on any atom is 0.337 e. The Morgan fingerprint density at radius 2 is 1.87 bits per heavy atom. The van der Waals surface area contributed by atoms with Gasteiger partial charge in [-0.15, -0.1) is 0 Å². The summed E-state index contributed by atoms with van der Waals surface area (Å²) >= 11 is 5.95. The van der Waals surface area contributed by atoms with Crippen LogP contribution in [0.1, 0.15) is 22.8 Å². The second kappa shape index (κ2) is 8.00. The lowest BCUT2D eigenvalue weighted by Gasteiger charge is -2.24. The van der Waals surface area contributed by atoms with Crippen molar-refractivity contribution in [2.75, 3.05) is 17.7 Å². The molecular formula is C21H17ClN4O4. The molecule has 0 fully saturated rings. The normalized spacial score (nSPS) is 15.1. The Bertz CT molecular complexity index is 1120. The van der Waals surface area contributed by atoms with Crippen molar-refractivity contribution in [2.24, 2.45) is 0 Å². The van der Waals surface area contributed by atoms with Gasteiger partial charge in [-0.25, -0.2) is 9.48 Å². The van der Waals surface area contributed by atoms with Gasteiger partial charge in [-0.1, -0.05) is 23.7 Å². The second-order valence-corrected chi connectivity index (χ2v) is 7.12. The minimum absolute atomic E-state index is 0.0409. The molecule has 9 heteroatoms. The Kier molecular flexibility index (Phi) is 5.24. The molecule has 0 radical (unpaired) electrons. The average molecular weight is 425 g/mol. The topological polar surface area (TPSA) is 102 Å². The van der Waals surface area contributed by atoms with E-state index in [4.69, 9.17) is 11.6 Å². The van der Waals surface area contributed by atoms with Gasteiger partial charge in [0.05, 0.1) is 25.3 Å². The first-order valence-electron chi connectivity index (χ1n) is 9.09. The third-order valence-corrected chi connectivity index (χ3v) is 5.01. The highest BCUT2D eigenvalue weighted by Crippen LogP contribution is 2.34. The van der Waals surface area contributed by atoms with E-state index in [9.17, 15) is 14.4 Å². The van der Waals surface area contributed by atoms with Crippen LogP contribution in [0.4, 0.5) is 11.5 Å². The number of nitrogens with zero attached hydrogens (tertiary/aromatic N) is 2. The number of esters is 1. The largest absolute Gasteiger partial charge is 0.465 e. The maximum atomic E-state index is 12.9. The molecule has 30 heavy (non-hydrogen) atoms. The molecule has 2 heterocycles. The third kappa shape index (κ3) is 3.77. The first-order chi connectivity index (χ1) is 14.5. The highest BCUT2D eigenvalue weighted by atomic mass is 35.5. The van der Waals surface area contributed by atoms with E-state index in [-0.39, 0.29) is 18.2 Å². The molecule has 4 rings (SSSR count). The SMILES string of the molecule is COC(=O)c1ccc(NC(=O)[C@@H]2CC(=O)Nc3c(-c4ccc(Cl)cc4)cnn32)cc1. The van der Waals surface area contributed by atoms with Gasteiger partial charge in [-0.3, -0.25) is 9.59 Å². The number of hydrogen-bond donors (Lipinski definition) is 2. The van der Waals surface area contributed by atoms with Gasteiger partial charge in [0.15, 0.2) is 0 Å². The summed E-state index contributed by atoms with van der Waals surface area (Å²) in [7, 11) is 1.30. The van der Waals surface area contributed by atoms with Gasteiger partial charge < -0.3 is 15.4 Å². The van der Waals surface area contributed by atoms with E-state index in [0.717, 1.165) is 5.56 Å². The molecule has 8 nitrogen and oxygen atoms in total.